The number of ether oxygens (including phenoxy) is 4. The fraction of sp³-hybridized carbons (Fsp3) is 0.364. The summed E-state index contributed by atoms with van der Waals surface area (Å²) in [5.74, 6) is 3.77. The lowest BCUT2D eigenvalue weighted by atomic mass is 10.0. The Morgan fingerprint density at radius 3 is 2.22 bits per heavy atom. The van der Waals surface area contributed by atoms with Crippen LogP contribution >= 0.6 is 23.8 Å². The van der Waals surface area contributed by atoms with Crippen LogP contribution in [0.1, 0.15) is 38.3 Å². The van der Waals surface area contributed by atoms with Gasteiger partial charge in [-0.15, -0.1) is 0 Å². The molecule has 4 atom stereocenters. The summed E-state index contributed by atoms with van der Waals surface area (Å²) >= 11 is 11.2. The molecule has 0 spiro atoms. The molecule has 14 heteroatoms. The highest BCUT2D eigenvalue weighted by Gasteiger charge is 2.48. The minimum atomic E-state index is -1.35. The summed E-state index contributed by atoms with van der Waals surface area (Å²) in [6, 6.07) is 6.82. The number of nitrogen functional groups attached to an aromatic ring is 1. The van der Waals surface area contributed by atoms with Crippen LogP contribution < -0.4 is 11.4 Å². The number of esters is 3. The topological polar surface area (TPSA) is 154 Å². The summed E-state index contributed by atoms with van der Waals surface area (Å²) in [6.07, 6.45) is -1.96. The molecule has 1 aromatic carbocycles. The molecule has 2 heterocycles. The third-order valence-corrected chi connectivity index (χ3v) is 5.56. The van der Waals surface area contributed by atoms with Gasteiger partial charge in [0.2, 0.25) is 4.77 Å². The molecular formula is C22H23ClN4O8S. The summed E-state index contributed by atoms with van der Waals surface area (Å²) in [5.41, 5.74) is -0.0861. The number of benzene rings is 1. The van der Waals surface area contributed by atoms with Crippen molar-refractivity contribution in [3.63, 3.8) is 0 Å². The van der Waals surface area contributed by atoms with Crippen molar-refractivity contribution in [3.05, 3.63) is 55.7 Å². The number of carbonyl (C=O) groups excluding carboxylic acids is 3. The second-order valence-electron chi connectivity index (χ2n) is 7.69. The van der Waals surface area contributed by atoms with Crippen molar-refractivity contribution in [2.24, 2.45) is 0 Å². The number of hydrogen-bond acceptors (Lipinski definition) is 11. The van der Waals surface area contributed by atoms with Crippen LogP contribution in [0.3, 0.4) is 0 Å². The summed E-state index contributed by atoms with van der Waals surface area (Å²) in [5, 5.41) is 4.81. The molecule has 0 aliphatic carbocycles. The Labute approximate surface area is 215 Å². The zero-order chi connectivity index (χ0) is 26.6. The quantitative estimate of drug-likeness (QED) is 0.247. The second-order valence-corrected chi connectivity index (χ2v) is 8.49. The second kappa shape index (κ2) is 11.5. The van der Waals surface area contributed by atoms with E-state index in [-0.39, 0.29) is 17.1 Å². The van der Waals surface area contributed by atoms with Crippen LogP contribution in [0.4, 0.5) is 0 Å². The monoisotopic (exact) mass is 538 g/mol. The van der Waals surface area contributed by atoms with Crippen LogP contribution in [0.2, 0.25) is 5.02 Å². The van der Waals surface area contributed by atoms with Gasteiger partial charge in [-0.3, -0.25) is 19.2 Å². The van der Waals surface area contributed by atoms with Crippen LogP contribution in [0.15, 0.2) is 29.1 Å². The van der Waals surface area contributed by atoms with E-state index in [0.717, 1.165) is 24.1 Å². The van der Waals surface area contributed by atoms with Gasteiger partial charge in [-0.2, -0.15) is 9.77 Å². The first kappa shape index (κ1) is 27.0. The molecule has 1 aliphatic heterocycles. The predicted molar refractivity (Wildman–Crippen MR) is 130 cm³/mol. The van der Waals surface area contributed by atoms with Gasteiger partial charge in [0, 0.05) is 25.8 Å². The Kier molecular flexibility index (Phi) is 8.61. The Hall–Kier alpha value is -3.55. The lowest BCUT2D eigenvalue weighted by molar-refractivity contribution is -0.242. The van der Waals surface area contributed by atoms with E-state index in [9.17, 15) is 19.2 Å². The van der Waals surface area contributed by atoms with Crippen LogP contribution in [0.5, 0.6) is 0 Å². The molecule has 0 saturated carbocycles. The molecular weight excluding hydrogens is 516 g/mol. The van der Waals surface area contributed by atoms with E-state index in [1.165, 1.54) is 13.0 Å². The summed E-state index contributed by atoms with van der Waals surface area (Å²) in [7, 11) is 0. The van der Waals surface area contributed by atoms with Crippen LogP contribution in [0, 0.1) is 4.77 Å². The zero-order valence-corrected chi connectivity index (χ0v) is 21.0. The van der Waals surface area contributed by atoms with Crippen LogP contribution in [0.25, 0.3) is 12.2 Å². The van der Waals surface area contributed by atoms with Gasteiger partial charge in [0.05, 0.1) is 6.61 Å². The van der Waals surface area contributed by atoms with E-state index in [2.05, 4.69) is 5.10 Å². The normalized spacial score (nSPS) is 21.7. The zero-order valence-electron chi connectivity index (χ0n) is 19.5. The lowest BCUT2D eigenvalue weighted by Crippen LogP contribution is -2.56. The average Bonchev–Trinajstić information content (AvgIpc) is 2.80. The Bertz CT molecular complexity index is 1310. The van der Waals surface area contributed by atoms with Gasteiger partial charge in [-0.05, 0) is 36.0 Å². The van der Waals surface area contributed by atoms with Crippen LogP contribution in [-0.2, 0) is 33.3 Å². The molecule has 2 aromatic rings. The van der Waals surface area contributed by atoms with Crippen molar-refractivity contribution in [1.29, 1.82) is 0 Å². The van der Waals surface area contributed by atoms with Gasteiger partial charge < -0.3 is 24.8 Å². The molecule has 1 aromatic heterocycles. The third-order valence-electron chi connectivity index (χ3n) is 4.92. The maximum Gasteiger partial charge on any atom is 0.303 e. The van der Waals surface area contributed by atoms with Crippen molar-refractivity contribution in [2.45, 2.75) is 45.3 Å². The first-order valence-electron chi connectivity index (χ1n) is 10.6. The number of aromatic nitrogens is 3. The average molecular weight is 539 g/mol. The molecule has 3 rings (SSSR count). The number of rotatable bonds is 6. The highest BCUT2D eigenvalue weighted by molar-refractivity contribution is 7.71. The van der Waals surface area contributed by atoms with E-state index >= 15 is 0 Å². The number of nitrogens with two attached hydrogens (primary N) is 1. The van der Waals surface area contributed by atoms with E-state index < -0.39 is 48.0 Å². The lowest BCUT2D eigenvalue weighted by Gasteiger charge is -2.40. The molecule has 1 saturated heterocycles. The maximum atomic E-state index is 12.7. The molecule has 1 aliphatic rings. The van der Waals surface area contributed by atoms with Crippen molar-refractivity contribution in [1.82, 2.24) is 14.5 Å². The first-order valence-corrected chi connectivity index (χ1v) is 11.3. The van der Waals surface area contributed by atoms with E-state index in [1.807, 2.05) is 0 Å². The first-order chi connectivity index (χ1) is 17.0. The maximum absolute atomic E-state index is 12.7. The van der Waals surface area contributed by atoms with Crippen molar-refractivity contribution < 1.29 is 33.3 Å². The van der Waals surface area contributed by atoms with Gasteiger partial charge >= 0.3 is 17.9 Å². The van der Waals surface area contributed by atoms with E-state index in [1.54, 1.807) is 30.3 Å². The third kappa shape index (κ3) is 6.36. The number of hydrogen-bond donors (Lipinski definition) is 1. The van der Waals surface area contributed by atoms with Gasteiger partial charge in [-0.25, -0.2) is 4.68 Å². The van der Waals surface area contributed by atoms with Crippen molar-refractivity contribution >= 4 is 53.9 Å². The summed E-state index contributed by atoms with van der Waals surface area (Å²) < 4.78 is 23.2. The minimum absolute atomic E-state index is 0.114. The molecule has 0 bridgehead atoms. The minimum Gasteiger partial charge on any atom is -0.456 e. The van der Waals surface area contributed by atoms with Gasteiger partial charge in [0.1, 0.15) is 0 Å². The summed E-state index contributed by atoms with van der Waals surface area (Å²) in [4.78, 5) is 48.0. The molecule has 0 amide bonds. The van der Waals surface area contributed by atoms with Gasteiger partial charge in [-0.1, -0.05) is 29.8 Å². The highest BCUT2D eigenvalue weighted by atomic mass is 35.5. The Morgan fingerprint density at radius 2 is 1.64 bits per heavy atom. The molecule has 12 nitrogen and oxygen atoms in total. The van der Waals surface area contributed by atoms with Crippen molar-refractivity contribution in [2.75, 3.05) is 12.4 Å². The molecule has 36 heavy (non-hydrogen) atoms. The van der Waals surface area contributed by atoms with Gasteiger partial charge in [0.25, 0.3) is 5.56 Å². The fourth-order valence-corrected chi connectivity index (χ4v) is 3.83. The molecule has 192 valence electrons. The number of halogens is 1. The highest BCUT2D eigenvalue weighted by Crippen LogP contribution is 2.30. The summed E-state index contributed by atoms with van der Waals surface area (Å²) in [6.45, 7) is 3.18. The number of carbonyl (C=O) groups is 3. The SMILES string of the molecule is CC(=O)O[C@@H]1[C@@H](OC(C)=O)[C@H](n2nc(/C=C/c3ccc(Cl)cc3)c(=O)n(N)c2=S)OC[C@@H]1OC(C)=O. The molecule has 0 unspecified atom stereocenters. The largest absolute Gasteiger partial charge is 0.456 e. The standard InChI is InChI=1S/C22H23ClN4O8S/c1-11(28)33-17-10-32-21(19(35-13(3)30)18(17)34-12(2)29)27-22(36)26(24)20(31)16(25-27)9-6-14-4-7-15(23)8-5-14/h4-9,17-19,21H,10,24H2,1-3H3/b9-6+/t17-,18-,19+,21+/m0/s1. The predicted octanol–water partition coefficient (Wildman–Crippen LogP) is 1.64. The Morgan fingerprint density at radius 1 is 1.06 bits per heavy atom. The van der Waals surface area contributed by atoms with E-state index in [0.29, 0.717) is 9.70 Å². The van der Waals surface area contributed by atoms with E-state index in [4.69, 9.17) is 48.6 Å². The van der Waals surface area contributed by atoms with Gasteiger partial charge in [0.15, 0.2) is 30.2 Å². The molecule has 0 radical (unpaired) electrons. The molecule has 2 N–H and O–H groups in total. The molecule has 1 fully saturated rings. The Balaban J connectivity index is 2.08. The van der Waals surface area contributed by atoms with Crippen molar-refractivity contribution in [3.8, 4) is 0 Å². The fourth-order valence-electron chi connectivity index (χ4n) is 3.47. The van der Waals surface area contributed by atoms with Crippen LogP contribution in [-0.4, -0.2) is 57.3 Å². The smallest absolute Gasteiger partial charge is 0.303 e. The number of nitrogens with zero attached hydrogens (tertiary/aromatic N) is 3.